The van der Waals surface area contributed by atoms with Crippen molar-refractivity contribution < 1.29 is 19.0 Å². The van der Waals surface area contributed by atoms with E-state index >= 15 is 0 Å². The molecule has 1 aromatic carbocycles. The van der Waals surface area contributed by atoms with E-state index in [0.717, 1.165) is 4.47 Å². The molecule has 2 N–H and O–H groups in total. The van der Waals surface area contributed by atoms with Crippen molar-refractivity contribution in [2.24, 2.45) is 0 Å². The maximum Gasteiger partial charge on any atom is 0.219 e. The third kappa shape index (κ3) is 3.16. The second-order valence-electron chi connectivity index (χ2n) is 4.39. The number of hydrogen-bond donors (Lipinski definition) is 1. The first-order chi connectivity index (χ1) is 11.1. The molecule has 2 rings (SSSR count). The predicted octanol–water partition coefficient (Wildman–Crippen LogP) is 2.75. The van der Waals surface area contributed by atoms with Crippen LogP contribution in [0.4, 0.5) is 17.2 Å². The van der Waals surface area contributed by atoms with E-state index in [1.54, 1.807) is 24.4 Å². The molecule has 0 saturated carbocycles. The highest BCUT2D eigenvalue weighted by Gasteiger charge is 2.23. The van der Waals surface area contributed by atoms with Crippen molar-refractivity contribution in [1.82, 2.24) is 4.98 Å². The fourth-order valence-electron chi connectivity index (χ4n) is 2.11. The molecular formula is C15H16BrN3O4. The lowest BCUT2D eigenvalue weighted by atomic mass is 10.2. The zero-order valence-corrected chi connectivity index (χ0v) is 14.5. The fraction of sp³-hybridized carbons (Fsp3) is 0.200. The van der Waals surface area contributed by atoms with E-state index in [-0.39, 0.29) is 11.4 Å². The third-order valence-corrected chi connectivity index (χ3v) is 3.64. The number of pyridine rings is 1. The van der Waals surface area contributed by atoms with Crippen LogP contribution in [0.3, 0.4) is 0 Å². The molecule has 0 aliphatic rings. The second kappa shape index (κ2) is 7.19. The number of methoxy groups -OCH3 is 3. The Balaban J connectivity index is 2.64. The van der Waals surface area contributed by atoms with Crippen LogP contribution in [0.2, 0.25) is 0 Å². The van der Waals surface area contributed by atoms with E-state index < -0.39 is 0 Å². The number of nitrogen functional groups attached to an aromatic ring is 1. The number of halogens is 1. The number of benzene rings is 1. The van der Waals surface area contributed by atoms with Crippen LogP contribution in [0.15, 0.2) is 28.9 Å². The number of carbonyl (C=O) groups is 1. The highest BCUT2D eigenvalue weighted by atomic mass is 79.9. The minimum absolute atomic E-state index is 0.238. The van der Waals surface area contributed by atoms with Gasteiger partial charge in [-0.05, 0) is 28.1 Å². The second-order valence-corrected chi connectivity index (χ2v) is 5.30. The lowest BCUT2D eigenvalue weighted by Gasteiger charge is -2.22. The van der Waals surface area contributed by atoms with Crippen LogP contribution >= 0.6 is 15.9 Å². The minimum atomic E-state index is 0.238. The van der Waals surface area contributed by atoms with Crippen molar-refractivity contribution in [3.8, 4) is 17.2 Å². The smallest absolute Gasteiger partial charge is 0.219 e. The summed E-state index contributed by atoms with van der Waals surface area (Å²) in [6, 6.07) is 5.04. The van der Waals surface area contributed by atoms with Crippen LogP contribution in [0, 0.1) is 0 Å². The lowest BCUT2D eigenvalue weighted by Crippen LogP contribution is -2.17. The maximum absolute atomic E-state index is 11.6. The Hall–Kier alpha value is -2.48. The molecule has 0 atom stereocenters. The van der Waals surface area contributed by atoms with Crippen molar-refractivity contribution in [1.29, 1.82) is 0 Å². The Morgan fingerprint density at radius 2 is 1.87 bits per heavy atom. The summed E-state index contributed by atoms with van der Waals surface area (Å²) in [4.78, 5) is 17.1. The Morgan fingerprint density at radius 3 is 2.35 bits per heavy atom. The standard InChI is InChI=1S/C15H16BrN3O4/c1-21-11-6-10(13(17)15(23-3)14(11)22-2)19(8-20)12-5-4-9(16)7-18-12/h4-8H,17H2,1-3H3. The molecule has 0 saturated heterocycles. The highest BCUT2D eigenvalue weighted by molar-refractivity contribution is 9.10. The van der Waals surface area contributed by atoms with Gasteiger partial charge in [0, 0.05) is 16.7 Å². The molecule has 1 aromatic heterocycles. The van der Waals surface area contributed by atoms with Gasteiger partial charge in [0.25, 0.3) is 0 Å². The monoisotopic (exact) mass is 381 g/mol. The zero-order valence-electron chi connectivity index (χ0n) is 12.9. The summed E-state index contributed by atoms with van der Waals surface area (Å²) >= 11 is 3.30. The molecule has 0 radical (unpaired) electrons. The van der Waals surface area contributed by atoms with Crippen LogP contribution in [0.1, 0.15) is 0 Å². The van der Waals surface area contributed by atoms with Crippen molar-refractivity contribution in [2.45, 2.75) is 0 Å². The first-order valence-corrected chi connectivity index (χ1v) is 7.31. The number of nitrogens with zero attached hydrogens (tertiary/aromatic N) is 2. The Labute approximate surface area is 142 Å². The van der Waals surface area contributed by atoms with Crippen molar-refractivity contribution in [3.05, 3.63) is 28.9 Å². The minimum Gasteiger partial charge on any atom is -0.493 e. The Bertz CT molecular complexity index is 707. The van der Waals surface area contributed by atoms with Gasteiger partial charge in [0.2, 0.25) is 12.2 Å². The maximum atomic E-state index is 11.6. The zero-order chi connectivity index (χ0) is 17.0. The van der Waals surface area contributed by atoms with Gasteiger partial charge >= 0.3 is 0 Å². The van der Waals surface area contributed by atoms with E-state index in [0.29, 0.717) is 29.4 Å². The molecule has 23 heavy (non-hydrogen) atoms. The SMILES string of the molecule is COc1cc(N(C=O)c2ccc(Br)cn2)c(N)c(OC)c1OC. The average Bonchev–Trinajstić information content (AvgIpc) is 2.57. The molecule has 7 nitrogen and oxygen atoms in total. The molecule has 0 aliphatic heterocycles. The highest BCUT2D eigenvalue weighted by Crippen LogP contribution is 2.47. The summed E-state index contributed by atoms with van der Waals surface area (Å²) in [5.74, 6) is 1.43. The van der Waals surface area contributed by atoms with Crippen LogP contribution in [0.5, 0.6) is 17.2 Å². The van der Waals surface area contributed by atoms with Gasteiger partial charge in [0.15, 0.2) is 11.5 Å². The molecule has 2 aromatic rings. The molecule has 0 unspecified atom stereocenters. The van der Waals surface area contributed by atoms with Crippen LogP contribution in [-0.2, 0) is 4.79 Å². The molecule has 0 aliphatic carbocycles. The summed E-state index contributed by atoms with van der Waals surface area (Å²) in [5, 5.41) is 0. The number of hydrogen-bond acceptors (Lipinski definition) is 6. The first kappa shape index (κ1) is 16.9. The third-order valence-electron chi connectivity index (χ3n) is 3.17. The molecule has 1 amide bonds. The van der Waals surface area contributed by atoms with E-state index in [1.165, 1.54) is 26.2 Å². The quantitative estimate of drug-likeness (QED) is 0.611. The van der Waals surface area contributed by atoms with Gasteiger partial charge in [-0.2, -0.15) is 0 Å². The molecule has 0 fully saturated rings. The van der Waals surface area contributed by atoms with Crippen molar-refractivity contribution in [3.63, 3.8) is 0 Å². The number of rotatable bonds is 6. The number of anilines is 3. The van der Waals surface area contributed by atoms with E-state index in [9.17, 15) is 4.79 Å². The van der Waals surface area contributed by atoms with Gasteiger partial charge in [-0.1, -0.05) is 0 Å². The van der Waals surface area contributed by atoms with Gasteiger partial charge in [0.05, 0.1) is 27.0 Å². The molecule has 8 heteroatoms. The van der Waals surface area contributed by atoms with E-state index in [2.05, 4.69) is 20.9 Å². The first-order valence-electron chi connectivity index (χ1n) is 6.51. The summed E-state index contributed by atoms with van der Waals surface area (Å²) in [7, 11) is 4.42. The van der Waals surface area contributed by atoms with Gasteiger partial charge in [-0.15, -0.1) is 0 Å². The molecule has 1 heterocycles. The topological polar surface area (TPSA) is 86.9 Å². The van der Waals surface area contributed by atoms with Crippen LogP contribution in [0.25, 0.3) is 0 Å². The fourth-order valence-corrected chi connectivity index (χ4v) is 2.34. The van der Waals surface area contributed by atoms with Crippen LogP contribution in [-0.4, -0.2) is 32.7 Å². The van der Waals surface area contributed by atoms with Crippen molar-refractivity contribution >= 4 is 39.5 Å². The number of carbonyl (C=O) groups excluding carboxylic acids is 1. The average molecular weight is 382 g/mol. The Morgan fingerprint density at radius 1 is 1.17 bits per heavy atom. The summed E-state index contributed by atoms with van der Waals surface area (Å²) in [6.45, 7) is 0. The Kier molecular flexibility index (Phi) is 5.28. The predicted molar refractivity (Wildman–Crippen MR) is 90.7 cm³/mol. The molecular weight excluding hydrogens is 366 g/mol. The molecule has 122 valence electrons. The van der Waals surface area contributed by atoms with Gasteiger partial charge in [-0.3, -0.25) is 9.69 Å². The summed E-state index contributed by atoms with van der Waals surface area (Å²) < 4.78 is 16.7. The lowest BCUT2D eigenvalue weighted by molar-refractivity contribution is -0.106. The summed E-state index contributed by atoms with van der Waals surface area (Å²) in [6.07, 6.45) is 2.20. The largest absolute Gasteiger partial charge is 0.493 e. The van der Waals surface area contributed by atoms with E-state index in [1.807, 2.05) is 0 Å². The molecule has 0 spiro atoms. The number of amides is 1. The van der Waals surface area contributed by atoms with Gasteiger partial charge in [-0.25, -0.2) is 4.98 Å². The number of aromatic nitrogens is 1. The van der Waals surface area contributed by atoms with Gasteiger partial charge in [0.1, 0.15) is 11.5 Å². The summed E-state index contributed by atoms with van der Waals surface area (Å²) in [5.41, 5.74) is 6.76. The van der Waals surface area contributed by atoms with Gasteiger partial charge < -0.3 is 19.9 Å². The molecule has 0 bridgehead atoms. The van der Waals surface area contributed by atoms with Crippen LogP contribution < -0.4 is 24.8 Å². The van der Waals surface area contributed by atoms with Crippen molar-refractivity contribution in [2.75, 3.05) is 32.0 Å². The number of ether oxygens (including phenoxy) is 3. The normalized spacial score (nSPS) is 10.1. The van der Waals surface area contributed by atoms with E-state index in [4.69, 9.17) is 19.9 Å². The number of nitrogens with two attached hydrogens (primary N) is 1.